The molecule has 0 bridgehead atoms. The Kier molecular flexibility index (Phi) is 7.85. The molecule has 2 unspecified atom stereocenters. The Morgan fingerprint density at radius 1 is 1.15 bits per heavy atom. The molecule has 1 aromatic rings. The van der Waals surface area contributed by atoms with E-state index in [-0.39, 0.29) is 19.0 Å². The number of carbonyl (C=O) groups is 3. The van der Waals surface area contributed by atoms with Gasteiger partial charge in [0.15, 0.2) is 5.78 Å². The lowest BCUT2D eigenvalue weighted by Gasteiger charge is -2.27. The number of allylic oxidation sites excluding steroid dienone is 2. The van der Waals surface area contributed by atoms with Crippen molar-refractivity contribution in [2.45, 2.75) is 39.3 Å². The fraction of sp³-hybridized carbons (Fsp3) is 0.450. The number of ketones is 1. The number of nitrogens with one attached hydrogen (secondary N) is 1. The van der Waals surface area contributed by atoms with Crippen LogP contribution in [-0.2, 0) is 30.4 Å². The molecule has 7 heteroatoms. The normalized spacial score (nSPS) is 17.5. The molecule has 2 atom stereocenters. The molecule has 1 N–H and O–H groups in total. The number of benzene rings is 1. The molecule has 1 amide bonds. The molecule has 146 valence electrons. The molecule has 0 aromatic heterocycles. The second-order valence-corrected chi connectivity index (χ2v) is 6.03. The Balaban J connectivity index is 2.02. The lowest BCUT2D eigenvalue weighted by atomic mass is 9.85. The van der Waals surface area contributed by atoms with Crippen molar-refractivity contribution in [3.8, 4) is 0 Å². The van der Waals surface area contributed by atoms with E-state index in [1.165, 1.54) is 6.08 Å². The molecule has 7 nitrogen and oxygen atoms in total. The Labute approximate surface area is 158 Å². The number of alkyl carbamates (subject to hydrolysis) is 1. The molecular formula is C20H25NO6. The van der Waals surface area contributed by atoms with Crippen molar-refractivity contribution in [2.24, 2.45) is 5.92 Å². The summed E-state index contributed by atoms with van der Waals surface area (Å²) in [7, 11) is 0. The van der Waals surface area contributed by atoms with E-state index in [1.807, 2.05) is 37.3 Å². The number of hydrogen-bond acceptors (Lipinski definition) is 6. The predicted molar refractivity (Wildman–Crippen MR) is 97.6 cm³/mol. The zero-order valence-electron chi connectivity index (χ0n) is 15.6. The minimum Gasteiger partial charge on any atom is -0.498 e. The van der Waals surface area contributed by atoms with Gasteiger partial charge in [-0.25, -0.2) is 9.59 Å². The minimum absolute atomic E-state index is 0.0647. The van der Waals surface area contributed by atoms with E-state index in [0.717, 1.165) is 5.56 Å². The van der Waals surface area contributed by atoms with Crippen LogP contribution >= 0.6 is 0 Å². The van der Waals surface area contributed by atoms with Gasteiger partial charge in [0, 0.05) is 12.5 Å². The van der Waals surface area contributed by atoms with Gasteiger partial charge < -0.3 is 19.5 Å². The highest BCUT2D eigenvalue weighted by atomic mass is 16.6. The van der Waals surface area contributed by atoms with Crippen LogP contribution in [0.15, 0.2) is 42.2 Å². The molecule has 0 saturated heterocycles. The first kappa shape index (κ1) is 20.5. The summed E-state index contributed by atoms with van der Waals surface area (Å²) < 4.78 is 15.6. The summed E-state index contributed by atoms with van der Waals surface area (Å²) in [4.78, 5) is 36.9. The number of hydrogen-bond donors (Lipinski definition) is 1. The highest BCUT2D eigenvalue weighted by Crippen LogP contribution is 2.25. The number of ether oxygens (including phenoxy) is 3. The number of rotatable bonds is 8. The molecule has 1 aromatic carbocycles. The van der Waals surface area contributed by atoms with Gasteiger partial charge in [0.05, 0.1) is 24.9 Å². The van der Waals surface area contributed by atoms with Crippen LogP contribution in [0.3, 0.4) is 0 Å². The van der Waals surface area contributed by atoms with Crippen LogP contribution in [0.5, 0.6) is 0 Å². The molecule has 0 aliphatic heterocycles. The Bertz CT molecular complexity index is 685. The van der Waals surface area contributed by atoms with Crippen molar-refractivity contribution in [1.82, 2.24) is 5.32 Å². The molecule has 27 heavy (non-hydrogen) atoms. The van der Waals surface area contributed by atoms with Crippen molar-refractivity contribution >= 4 is 17.8 Å². The van der Waals surface area contributed by atoms with Crippen molar-refractivity contribution in [3.05, 3.63) is 47.7 Å². The summed E-state index contributed by atoms with van der Waals surface area (Å²) >= 11 is 0. The molecule has 0 radical (unpaired) electrons. The van der Waals surface area contributed by atoms with Crippen LogP contribution in [-0.4, -0.2) is 37.1 Å². The quantitative estimate of drug-likeness (QED) is 0.703. The smallest absolute Gasteiger partial charge is 0.408 e. The maximum absolute atomic E-state index is 12.4. The standard InChI is InChI=1S/C20H25NO6/c1-3-25-15-10-11-16(17(22)12-15)18(19(23)26-4-2)21-20(24)27-13-14-8-6-5-7-9-14/h5-9,12,16,18H,3-4,10-11,13H2,1-2H3,(H,21,24). The third-order valence-corrected chi connectivity index (χ3v) is 4.13. The number of carbonyl (C=O) groups excluding carboxylic acids is 3. The molecule has 2 rings (SSSR count). The van der Waals surface area contributed by atoms with Gasteiger partial charge in [-0.1, -0.05) is 30.3 Å². The van der Waals surface area contributed by atoms with Gasteiger partial charge in [-0.3, -0.25) is 4.79 Å². The lowest BCUT2D eigenvalue weighted by Crippen LogP contribution is -2.50. The van der Waals surface area contributed by atoms with Gasteiger partial charge in [0.25, 0.3) is 0 Å². The second kappa shape index (κ2) is 10.4. The Morgan fingerprint density at radius 2 is 1.89 bits per heavy atom. The van der Waals surface area contributed by atoms with Gasteiger partial charge in [-0.15, -0.1) is 0 Å². The first-order chi connectivity index (χ1) is 13.0. The van der Waals surface area contributed by atoms with Gasteiger partial charge in [-0.2, -0.15) is 0 Å². The molecule has 1 aliphatic carbocycles. The van der Waals surface area contributed by atoms with Gasteiger partial charge >= 0.3 is 12.1 Å². The van der Waals surface area contributed by atoms with Gasteiger partial charge in [-0.05, 0) is 25.8 Å². The van der Waals surface area contributed by atoms with E-state index >= 15 is 0 Å². The van der Waals surface area contributed by atoms with E-state index < -0.39 is 24.0 Å². The Morgan fingerprint density at radius 3 is 2.52 bits per heavy atom. The van der Waals surface area contributed by atoms with Crippen LogP contribution in [0.25, 0.3) is 0 Å². The molecule has 1 aliphatic rings. The van der Waals surface area contributed by atoms with Crippen LogP contribution < -0.4 is 5.32 Å². The third-order valence-electron chi connectivity index (χ3n) is 4.13. The monoisotopic (exact) mass is 375 g/mol. The average molecular weight is 375 g/mol. The first-order valence-electron chi connectivity index (χ1n) is 9.06. The van der Waals surface area contributed by atoms with E-state index in [1.54, 1.807) is 6.92 Å². The predicted octanol–water partition coefficient (Wildman–Crippen LogP) is 2.74. The van der Waals surface area contributed by atoms with Crippen LogP contribution in [0.4, 0.5) is 4.79 Å². The fourth-order valence-electron chi connectivity index (χ4n) is 2.86. The average Bonchev–Trinajstić information content (AvgIpc) is 2.66. The van der Waals surface area contributed by atoms with Crippen molar-refractivity contribution < 1.29 is 28.6 Å². The zero-order chi connectivity index (χ0) is 19.6. The summed E-state index contributed by atoms with van der Waals surface area (Å²) in [5, 5.41) is 2.49. The summed E-state index contributed by atoms with van der Waals surface area (Å²) in [5.74, 6) is -1.04. The van der Waals surface area contributed by atoms with E-state index in [2.05, 4.69) is 5.32 Å². The Hall–Kier alpha value is -2.83. The first-order valence-corrected chi connectivity index (χ1v) is 9.06. The van der Waals surface area contributed by atoms with E-state index in [9.17, 15) is 14.4 Å². The van der Waals surface area contributed by atoms with Crippen LogP contribution in [0.2, 0.25) is 0 Å². The van der Waals surface area contributed by atoms with Crippen molar-refractivity contribution in [2.75, 3.05) is 13.2 Å². The topological polar surface area (TPSA) is 90.9 Å². The van der Waals surface area contributed by atoms with Crippen molar-refractivity contribution in [3.63, 3.8) is 0 Å². The molecular weight excluding hydrogens is 350 g/mol. The van der Waals surface area contributed by atoms with Crippen molar-refractivity contribution in [1.29, 1.82) is 0 Å². The second-order valence-electron chi connectivity index (χ2n) is 6.03. The number of amides is 1. The van der Waals surface area contributed by atoms with E-state index in [0.29, 0.717) is 25.2 Å². The lowest BCUT2D eigenvalue weighted by molar-refractivity contribution is -0.149. The highest BCUT2D eigenvalue weighted by Gasteiger charge is 2.37. The fourth-order valence-corrected chi connectivity index (χ4v) is 2.86. The minimum atomic E-state index is -1.10. The highest BCUT2D eigenvalue weighted by molar-refractivity contribution is 5.98. The van der Waals surface area contributed by atoms with Crippen LogP contribution in [0, 0.1) is 5.92 Å². The van der Waals surface area contributed by atoms with Gasteiger partial charge in [0.1, 0.15) is 12.6 Å². The molecule has 0 saturated carbocycles. The number of esters is 1. The SMILES string of the molecule is CCOC(=O)C(NC(=O)OCc1ccccc1)C1CCC(OCC)=CC1=O. The maximum Gasteiger partial charge on any atom is 0.408 e. The molecule has 0 spiro atoms. The summed E-state index contributed by atoms with van der Waals surface area (Å²) in [6.07, 6.45) is 1.51. The van der Waals surface area contributed by atoms with E-state index in [4.69, 9.17) is 14.2 Å². The summed E-state index contributed by atoms with van der Waals surface area (Å²) in [6, 6.07) is 8.07. The largest absolute Gasteiger partial charge is 0.498 e. The van der Waals surface area contributed by atoms with Crippen LogP contribution in [0.1, 0.15) is 32.3 Å². The third kappa shape index (κ3) is 6.13. The maximum atomic E-state index is 12.4. The van der Waals surface area contributed by atoms with Gasteiger partial charge in [0.2, 0.25) is 0 Å². The summed E-state index contributed by atoms with van der Waals surface area (Å²) in [5.41, 5.74) is 0.818. The zero-order valence-corrected chi connectivity index (χ0v) is 15.6. The molecule has 0 heterocycles. The summed E-state index contributed by atoms with van der Waals surface area (Å²) in [6.45, 7) is 4.18. The molecule has 0 fully saturated rings.